The summed E-state index contributed by atoms with van der Waals surface area (Å²) in [5.41, 5.74) is 1.08. The van der Waals surface area contributed by atoms with Crippen LogP contribution in [0.15, 0.2) is 12.4 Å². The Hall–Kier alpha value is -1.69. The second kappa shape index (κ2) is 6.90. The van der Waals surface area contributed by atoms with Gasteiger partial charge in [0.05, 0.1) is 6.61 Å². The van der Waals surface area contributed by atoms with Gasteiger partial charge in [0.1, 0.15) is 6.10 Å². The van der Waals surface area contributed by atoms with Crippen LogP contribution >= 0.6 is 0 Å². The van der Waals surface area contributed by atoms with E-state index in [2.05, 4.69) is 9.97 Å². The summed E-state index contributed by atoms with van der Waals surface area (Å²) in [5, 5.41) is 0. The lowest BCUT2D eigenvalue weighted by Crippen LogP contribution is -2.42. The summed E-state index contributed by atoms with van der Waals surface area (Å²) in [5.74, 6) is 0.700. The Morgan fingerprint density at radius 3 is 2.92 bits per heavy atom. The van der Waals surface area contributed by atoms with Crippen molar-refractivity contribution in [3.63, 3.8) is 0 Å². The van der Waals surface area contributed by atoms with Crippen LogP contribution in [0.3, 0.4) is 0 Å². The molecule has 3 atom stereocenters. The highest BCUT2D eigenvalue weighted by Crippen LogP contribution is 2.49. The Balaban J connectivity index is 1.41. The second-order valence-corrected chi connectivity index (χ2v) is 7.86. The summed E-state index contributed by atoms with van der Waals surface area (Å²) in [6, 6.07) is 0.436. The molecule has 3 aliphatic rings. The van der Waals surface area contributed by atoms with E-state index in [1.165, 1.54) is 12.8 Å². The number of ether oxygens (including phenoxy) is 2. The standard InChI is InChI=1S/C19H27N3O3/c1-14-9-20-18(21-10-14)25-13-19-7-4-5-15(19)11-22(12-19)17(23)16-6-2-3-8-24-16/h9-10,15-16H,2-8,11-13H2,1H3. The van der Waals surface area contributed by atoms with Gasteiger partial charge >= 0.3 is 6.01 Å². The number of amides is 1. The molecule has 2 aliphatic heterocycles. The van der Waals surface area contributed by atoms with Gasteiger partial charge in [-0.3, -0.25) is 4.79 Å². The molecule has 1 aromatic rings. The first-order valence-electron chi connectivity index (χ1n) is 9.48. The van der Waals surface area contributed by atoms with Gasteiger partial charge in [-0.2, -0.15) is 0 Å². The molecule has 3 heterocycles. The molecular weight excluding hydrogens is 318 g/mol. The van der Waals surface area contributed by atoms with Crippen LogP contribution in [0.1, 0.15) is 44.1 Å². The zero-order valence-electron chi connectivity index (χ0n) is 14.9. The molecule has 1 aromatic heterocycles. The number of fused-ring (bicyclic) bond motifs is 1. The third-order valence-electron chi connectivity index (χ3n) is 6.05. The molecule has 3 fully saturated rings. The number of hydrogen-bond acceptors (Lipinski definition) is 5. The van der Waals surface area contributed by atoms with Crippen molar-refractivity contribution >= 4 is 5.91 Å². The Morgan fingerprint density at radius 1 is 1.32 bits per heavy atom. The number of likely N-dealkylation sites (tertiary alicyclic amines) is 1. The lowest BCUT2D eigenvalue weighted by Gasteiger charge is -2.30. The number of nitrogens with zero attached hydrogens (tertiary/aromatic N) is 3. The Kier molecular flexibility index (Phi) is 4.63. The molecule has 0 bridgehead atoms. The highest BCUT2D eigenvalue weighted by molar-refractivity contribution is 5.81. The van der Waals surface area contributed by atoms with Crippen LogP contribution in [-0.2, 0) is 9.53 Å². The number of hydrogen-bond donors (Lipinski definition) is 0. The molecule has 136 valence electrons. The van der Waals surface area contributed by atoms with Crippen LogP contribution in [0.4, 0.5) is 0 Å². The second-order valence-electron chi connectivity index (χ2n) is 7.86. The smallest absolute Gasteiger partial charge is 0.316 e. The van der Waals surface area contributed by atoms with Crippen LogP contribution in [0.2, 0.25) is 0 Å². The minimum atomic E-state index is -0.231. The predicted molar refractivity (Wildman–Crippen MR) is 92.2 cm³/mol. The van der Waals surface area contributed by atoms with E-state index in [4.69, 9.17) is 9.47 Å². The molecule has 1 aliphatic carbocycles. The zero-order valence-corrected chi connectivity index (χ0v) is 14.9. The molecule has 6 heteroatoms. The van der Waals surface area contributed by atoms with E-state index >= 15 is 0 Å². The fourth-order valence-electron chi connectivity index (χ4n) is 4.62. The molecule has 1 amide bonds. The van der Waals surface area contributed by atoms with Crippen molar-refractivity contribution in [2.45, 2.75) is 51.6 Å². The topological polar surface area (TPSA) is 64.5 Å². The van der Waals surface area contributed by atoms with Crippen molar-refractivity contribution in [2.24, 2.45) is 11.3 Å². The summed E-state index contributed by atoms with van der Waals surface area (Å²) in [6.45, 7) is 4.89. The average molecular weight is 345 g/mol. The van der Waals surface area contributed by atoms with Gasteiger partial charge in [0.15, 0.2) is 0 Å². The molecule has 25 heavy (non-hydrogen) atoms. The van der Waals surface area contributed by atoms with Crippen LogP contribution in [0, 0.1) is 18.3 Å². The molecule has 0 N–H and O–H groups in total. The molecular formula is C19H27N3O3. The zero-order chi connectivity index (χ0) is 17.3. The fraction of sp³-hybridized carbons (Fsp3) is 0.737. The SMILES string of the molecule is Cc1cnc(OCC23CCCC2CN(C(=O)C2CCCCO2)C3)nc1. The first kappa shape index (κ1) is 16.8. The average Bonchev–Trinajstić information content (AvgIpc) is 3.19. The first-order valence-corrected chi connectivity index (χ1v) is 9.48. The van der Waals surface area contributed by atoms with Crippen molar-refractivity contribution in [2.75, 3.05) is 26.3 Å². The van der Waals surface area contributed by atoms with E-state index in [9.17, 15) is 4.79 Å². The van der Waals surface area contributed by atoms with Gasteiger partial charge in [-0.1, -0.05) is 6.42 Å². The van der Waals surface area contributed by atoms with E-state index in [1.807, 2.05) is 11.8 Å². The number of rotatable bonds is 4. The van der Waals surface area contributed by atoms with Crippen LogP contribution in [0.25, 0.3) is 0 Å². The van der Waals surface area contributed by atoms with Gasteiger partial charge in [-0.05, 0) is 50.5 Å². The maximum Gasteiger partial charge on any atom is 0.316 e. The molecule has 2 saturated heterocycles. The predicted octanol–water partition coefficient (Wildman–Crippen LogP) is 2.36. The molecule has 1 saturated carbocycles. The lowest BCUT2D eigenvalue weighted by atomic mass is 9.82. The van der Waals surface area contributed by atoms with Gasteiger partial charge in [0.25, 0.3) is 5.91 Å². The fourth-order valence-corrected chi connectivity index (χ4v) is 4.62. The van der Waals surface area contributed by atoms with Crippen molar-refractivity contribution in [1.82, 2.24) is 14.9 Å². The van der Waals surface area contributed by atoms with Gasteiger partial charge < -0.3 is 14.4 Å². The summed E-state index contributed by atoms with van der Waals surface area (Å²) in [4.78, 5) is 23.3. The van der Waals surface area contributed by atoms with E-state index in [0.717, 1.165) is 44.3 Å². The van der Waals surface area contributed by atoms with E-state index in [-0.39, 0.29) is 17.4 Å². The summed E-state index contributed by atoms with van der Waals surface area (Å²) < 4.78 is 11.6. The normalized spacial score (nSPS) is 31.8. The largest absolute Gasteiger partial charge is 0.463 e. The third kappa shape index (κ3) is 3.36. The summed E-state index contributed by atoms with van der Waals surface area (Å²) in [7, 11) is 0. The maximum absolute atomic E-state index is 12.8. The molecule has 0 aromatic carbocycles. The van der Waals surface area contributed by atoms with Gasteiger partial charge in [0.2, 0.25) is 0 Å². The number of aromatic nitrogens is 2. The molecule has 0 radical (unpaired) electrons. The third-order valence-corrected chi connectivity index (χ3v) is 6.05. The molecule has 3 unspecified atom stereocenters. The Labute approximate surface area is 148 Å². The number of carbonyl (C=O) groups excluding carboxylic acids is 1. The lowest BCUT2D eigenvalue weighted by molar-refractivity contribution is -0.146. The number of carbonyl (C=O) groups is 1. The van der Waals surface area contributed by atoms with Gasteiger partial charge in [-0.15, -0.1) is 0 Å². The monoisotopic (exact) mass is 345 g/mol. The Bertz CT molecular complexity index is 615. The minimum absolute atomic E-state index is 0.0541. The van der Waals surface area contributed by atoms with Crippen molar-refractivity contribution in [1.29, 1.82) is 0 Å². The Morgan fingerprint density at radius 2 is 2.16 bits per heavy atom. The van der Waals surface area contributed by atoms with E-state index < -0.39 is 0 Å². The highest BCUT2D eigenvalue weighted by Gasteiger charge is 2.52. The van der Waals surface area contributed by atoms with Crippen molar-refractivity contribution in [3.05, 3.63) is 18.0 Å². The summed E-state index contributed by atoms with van der Waals surface area (Å²) >= 11 is 0. The summed E-state index contributed by atoms with van der Waals surface area (Å²) in [6.07, 6.45) is 9.84. The van der Waals surface area contributed by atoms with Crippen LogP contribution in [0.5, 0.6) is 6.01 Å². The van der Waals surface area contributed by atoms with Crippen molar-refractivity contribution in [3.8, 4) is 6.01 Å². The highest BCUT2D eigenvalue weighted by atomic mass is 16.5. The quantitative estimate of drug-likeness (QED) is 0.838. The first-order chi connectivity index (χ1) is 12.2. The van der Waals surface area contributed by atoms with E-state index in [1.54, 1.807) is 12.4 Å². The van der Waals surface area contributed by atoms with Crippen LogP contribution < -0.4 is 4.74 Å². The van der Waals surface area contributed by atoms with Crippen LogP contribution in [-0.4, -0.2) is 53.2 Å². The molecule has 0 spiro atoms. The maximum atomic E-state index is 12.8. The van der Waals surface area contributed by atoms with Gasteiger partial charge in [-0.25, -0.2) is 9.97 Å². The van der Waals surface area contributed by atoms with Crippen molar-refractivity contribution < 1.29 is 14.3 Å². The van der Waals surface area contributed by atoms with Gasteiger partial charge in [0, 0.05) is 37.5 Å². The van der Waals surface area contributed by atoms with E-state index in [0.29, 0.717) is 25.1 Å². The molecule has 6 nitrogen and oxygen atoms in total. The molecule has 4 rings (SSSR count). The minimum Gasteiger partial charge on any atom is -0.463 e. The number of aryl methyl sites for hydroxylation is 1.